The van der Waals surface area contributed by atoms with E-state index in [1.165, 1.54) is 0 Å². The summed E-state index contributed by atoms with van der Waals surface area (Å²) in [4.78, 5) is 21.3. The van der Waals surface area contributed by atoms with Gasteiger partial charge >= 0.3 is 0 Å². The standard InChI is InChI=1S/C26H30N6O2/c1-5-10-28-26(33)21-9-8-19(12-18(21)4)22-16-30-32-23(29-14-17(2)3)13-24(31-25(22)32)34-20-7-6-11-27-15-20/h6-9,11-13,15-17,29H,5,10,14H2,1-4H3,(H,28,33). The number of benzene rings is 1. The molecule has 4 rings (SSSR count). The normalized spacial score (nSPS) is 11.1. The molecule has 176 valence electrons. The van der Waals surface area contributed by atoms with Crippen molar-refractivity contribution in [1.82, 2.24) is 24.9 Å². The Bertz CT molecular complexity index is 1280. The summed E-state index contributed by atoms with van der Waals surface area (Å²) in [6.07, 6.45) is 6.04. The molecule has 0 radical (unpaired) electrons. The topological polar surface area (TPSA) is 93.4 Å². The molecule has 0 saturated heterocycles. The molecule has 1 amide bonds. The third-order valence-electron chi connectivity index (χ3n) is 5.31. The predicted molar refractivity (Wildman–Crippen MR) is 133 cm³/mol. The lowest BCUT2D eigenvalue weighted by molar-refractivity contribution is 0.0953. The number of rotatable bonds is 9. The number of carbonyl (C=O) groups excluding carboxylic acids is 1. The van der Waals surface area contributed by atoms with Crippen LogP contribution in [0.1, 0.15) is 43.1 Å². The van der Waals surface area contributed by atoms with Crippen LogP contribution in [0, 0.1) is 12.8 Å². The van der Waals surface area contributed by atoms with Gasteiger partial charge < -0.3 is 15.4 Å². The highest BCUT2D eigenvalue weighted by Gasteiger charge is 2.16. The summed E-state index contributed by atoms with van der Waals surface area (Å²) in [5.41, 5.74) is 4.01. The van der Waals surface area contributed by atoms with Crippen molar-refractivity contribution >= 4 is 17.4 Å². The van der Waals surface area contributed by atoms with Gasteiger partial charge in [-0.15, -0.1) is 0 Å². The van der Waals surface area contributed by atoms with Gasteiger partial charge in [0.1, 0.15) is 11.6 Å². The van der Waals surface area contributed by atoms with E-state index in [4.69, 9.17) is 9.72 Å². The highest BCUT2D eigenvalue weighted by molar-refractivity contribution is 5.96. The number of nitrogens with one attached hydrogen (secondary N) is 2. The summed E-state index contributed by atoms with van der Waals surface area (Å²) in [6, 6.07) is 11.3. The van der Waals surface area contributed by atoms with Gasteiger partial charge in [-0.05, 0) is 48.6 Å². The maximum absolute atomic E-state index is 12.5. The number of aryl methyl sites for hydroxylation is 1. The van der Waals surface area contributed by atoms with Crippen LogP contribution in [0.3, 0.4) is 0 Å². The van der Waals surface area contributed by atoms with Gasteiger partial charge in [-0.2, -0.15) is 14.6 Å². The van der Waals surface area contributed by atoms with E-state index in [-0.39, 0.29) is 5.91 Å². The zero-order valence-corrected chi connectivity index (χ0v) is 20.0. The molecule has 8 heteroatoms. The first kappa shape index (κ1) is 23.2. The molecule has 0 aliphatic rings. The van der Waals surface area contributed by atoms with Gasteiger partial charge in [0.2, 0.25) is 5.88 Å². The average Bonchev–Trinajstić information content (AvgIpc) is 3.25. The minimum absolute atomic E-state index is 0.0591. The maximum atomic E-state index is 12.5. The van der Waals surface area contributed by atoms with Crippen molar-refractivity contribution in [3.8, 4) is 22.8 Å². The number of anilines is 1. The summed E-state index contributed by atoms with van der Waals surface area (Å²) in [5.74, 6) is 2.23. The minimum atomic E-state index is -0.0591. The summed E-state index contributed by atoms with van der Waals surface area (Å²) in [6.45, 7) is 9.70. The van der Waals surface area contributed by atoms with Crippen LogP contribution in [0.4, 0.5) is 5.82 Å². The van der Waals surface area contributed by atoms with Crippen LogP contribution in [0.25, 0.3) is 16.8 Å². The van der Waals surface area contributed by atoms with Gasteiger partial charge in [0.15, 0.2) is 5.65 Å². The predicted octanol–water partition coefficient (Wildman–Crippen LogP) is 5.10. The second-order valence-corrected chi connectivity index (χ2v) is 8.62. The van der Waals surface area contributed by atoms with E-state index in [9.17, 15) is 4.79 Å². The van der Waals surface area contributed by atoms with Crippen LogP contribution in [0.2, 0.25) is 0 Å². The van der Waals surface area contributed by atoms with Crippen molar-refractivity contribution in [1.29, 1.82) is 0 Å². The van der Waals surface area contributed by atoms with Crippen molar-refractivity contribution in [2.45, 2.75) is 34.1 Å². The van der Waals surface area contributed by atoms with E-state index in [0.717, 1.165) is 35.5 Å². The Kier molecular flexibility index (Phi) is 7.06. The Morgan fingerprint density at radius 1 is 1.18 bits per heavy atom. The Balaban J connectivity index is 1.74. The number of ether oxygens (including phenoxy) is 1. The molecule has 0 aliphatic heterocycles. The van der Waals surface area contributed by atoms with Crippen LogP contribution in [-0.2, 0) is 0 Å². The number of amides is 1. The first-order chi connectivity index (χ1) is 16.5. The highest BCUT2D eigenvalue weighted by Crippen LogP contribution is 2.30. The Hall–Kier alpha value is -3.94. The molecule has 0 bridgehead atoms. The fraction of sp³-hybridized carbons (Fsp3) is 0.308. The molecular weight excluding hydrogens is 428 g/mol. The largest absolute Gasteiger partial charge is 0.437 e. The molecule has 0 aliphatic carbocycles. The number of nitrogens with zero attached hydrogens (tertiary/aromatic N) is 4. The zero-order valence-electron chi connectivity index (χ0n) is 20.0. The number of hydrogen-bond acceptors (Lipinski definition) is 6. The summed E-state index contributed by atoms with van der Waals surface area (Å²) in [7, 11) is 0. The average molecular weight is 459 g/mol. The van der Waals surface area contributed by atoms with Crippen molar-refractivity contribution in [3.63, 3.8) is 0 Å². The molecule has 0 atom stereocenters. The molecular formula is C26H30N6O2. The van der Waals surface area contributed by atoms with Gasteiger partial charge in [-0.3, -0.25) is 9.78 Å². The van der Waals surface area contributed by atoms with Crippen molar-refractivity contribution in [2.24, 2.45) is 5.92 Å². The van der Waals surface area contributed by atoms with Gasteiger partial charge in [-0.25, -0.2) is 0 Å². The Morgan fingerprint density at radius 2 is 2.03 bits per heavy atom. The number of carbonyl (C=O) groups is 1. The van der Waals surface area contributed by atoms with Gasteiger partial charge in [0.25, 0.3) is 5.91 Å². The maximum Gasteiger partial charge on any atom is 0.251 e. The lowest BCUT2D eigenvalue weighted by Gasteiger charge is -2.13. The Morgan fingerprint density at radius 3 is 2.74 bits per heavy atom. The van der Waals surface area contributed by atoms with Crippen LogP contribution in [0.5, 0.6) is 11.6 Å². The van der Waals surface area contributed by atoms with Crippen molar-refractivity contribution in [3.05, 3.63) is 66.1 Å². The molecule has 1 aromatic carbocycles. The molecule has 0 saturated carbocycles. The highest BCUT2D eigenvalue weighted by atomic mass is 16.5. The minimum Gasteiger partial charge on any atom is -0.437 e. The smallest absolute Gasteiger partial charge is 0.251 e. The molecule has 0 fully saturated rings. The van der Waals surface area contributed by atoms with E-state index in [2.05, 4.69) is 34.6 Å². The summed E-state index contributed by atoms with van der Waals surface area (Å²) in [5, 5.41) is 11.0. The van der Waals surface area contributed by atoms with E-state index in [1.54, 1.807) is 23.1 Å². The monoisotopic (exact) mass is 458 g/mol. The fourth-order valence-corrected chi connectivity index (χ4v) is 3.58. The van der Waals surface area contributed by atoms with E-state index < -0.39 is 0 Å². The third-order valence-corrected chi connectivity index (χ3v) is 5.31. The van der Waals surface area contributed by atoms with Crippen LogP contribution in [0.15, 0.2) is 55.0 Å². The number of pyridine rings is 1. The molecule has 8 nitrogen and oxygen atoms in total. The van der Waals surface area contributed by atoms with Gasteiger partial charge in [0.05, 0.1) is 12.4 Å². The molecule has 0 spiro atoms. The SMILES string of the molecule is CCCNC(=O)c1ccc(-c2cnn3c(NCC(C)C)cc(Oc4cccnc4)nc23)cc1C. The number of fused-ring (bicyclic) bond motifs is 1. The molecule has 3 heterocycles. The first-order valence-electron chi connectivity index (χ1n) is 11.6. The van der Waals surface area contributed by atoms with Crippen molar-refractivity contribution in [2.75, 3.05) is 18.4 Å². The van der Waals surface area contributed by atoms with E-state index >= 15 is 0 Å². The molecule has 34 heavy (non-hydrogen) atoms. The van der Waals surface area contributed by atoms with E-state index in [1.807, 2.05) is 50.2 Å². The molecule has 3 aromatic heterocycles. The molecule has 0 unspecified atom stereocenters. The lowest BCUT2D eigenvalue weighted by atomic mass is 10.0. The quantitative estimate of drug-likeness (QED) is 0.362. The Labute approximate surface area is 199 Å². The van der Waals surface area contributed by atoms with Crippen LogP contribution in [-0.4, -0.2) is 38.6 Å². The molecule has 2 N–H and O–H groups in total. The first-order valence-corrected chi connectivity index (χ1v) is 11.6. The second kappa shape index (κ2) is 10.3. The molecule has 4 aromatic rings. The summed E-state index contributed by atoms with van der Waals surface area (Å²) >= 11 is 0. The van der Waals surface area contributed by atoms with E-state index in [0.29, 0.717) is 35.3 Å². The number of hydrogen-bond donors (Lipinski definition) is 2. The van der Waals surface area contributed by atoms with Crippen LogP contribution >= 0.6 is 0 Å². The van der Waals surface area contributed by atoms with Crippen LogP contribution < -0.4 is 15.4 Å². The summed E-state index contributed by atoms with van der Waals surface area (Å²) < 4.78 is 7.78. The fourth-order valence-electron chi connectivity index (χ4n) is 3.58. The third kappa shape index (κ3) is 5.17. The zero-order chi connectivity index (χ0) is 24.1. The lowest BCUT2D eigenvalue weighted by Crippen LogP contribution is -2.24. The number of aromatic nitrogens is 4. The van der Waals surface area contributed by atoms with Crippen molar-refractivity contribution < 1.29 is 9.53 Å². The van der Waals surface area contributed by atoms with Gasteiger partial charge in [0, 0.05) is 36.5 Å². The second-order valence-electron chi connectivity index (χ2n) is 8.62. The van der Waals surface area contributed by atoms with Gasteiger partial charge in [-0.1, -0.05) is 32.9 Å².